The Morgan fingerprint density at radius 2 is 1.53 bits per heavy atom. The Balaban J connectivity index is 0.000000313. The molecule has 0 aliphatic heterocycles. The third-order valence-electron chi connectivity index (χ3n) is 4.78. The molecule has 0 saturated heterocycles. The van der Waals surface area contributed by atoms with Crippen LogP contribution in [0.15, 0.2) is 41.2 Å². The lowest BCUT2D eigenvalue weighted by atomic mass is 10.1. The summed E-state index contributed by atoms with van der Waals surface area (Å²) >= 11 is 0. The molecule has 206 valence electrons. The number of hydrogen-bond donors (Lipinski definition) is 2. The fourth-order valence-corrected chi connectivity index (χ4v) is 2.95. The van der Waals surface area contributed by atoms with Crippen molar-refractivity contribution >= 4 is 18.0 Å². The van der Waals surface area contributed by atoms with E-state index in [1.54, 1.807) is 32.9 Å². The maximum atomic E-state index is 13.6. The summed E-state index contributed by atoms with van der Waals surface area (Å²) in [5.74, 6) is -1.13. The second-order valence-corrected chi connectivity index (χ2v) is 7.75. The number of Topliss-reactive ketones (excluding diaryl/α,β-unsaturated/α-hetero) is 1. The van der Waals surface area contributed by atoms with Gasteiger partial charge < -0.3 is 19.3 Å². The van der Waals surface area contributed by atoms with Crippen LogP contribution in [0, 0.1) is 18.6 Å². The molecule has 0 bridgehead atoms. The van der Waals surface area contributed by atoms with Gasteiger partial charge >= 0.3 is 5.97 Å². The molecule has 0 saturated carbocycles. The number of methoxy groups -OCH3 is 1. The van der Waals surface area contributed by atoms with Gasteiger partial charge in [0, 0.05) is 23.2 Å². The molecule has 2 aromatic carbocycles. The van der Waals surface area contributed by atoms with Crippen LogP contribution in [0.2, 0.25) is 0 Å². The number of aldehydes is 1. The van der Waals surface area contributed by atoms with E-state index in [1.807, 2.05) is 0 Å². The number of H-pyrrole nitrogens is 2. The molecule has 11 heteroatoms. The fourth-order valence-electron chi connectivity index (χ4n) is 2.95. The number of aryl methyl sites for hydroxylation is 1. The molecule has 2 N–H and O–H groups in total. The van der Waals surface area contributed by atoms with Crippen LogP contribution in [0.1, 0.15) is 54.4 Å². The minimum absolute atomic E-state index is 0.115. The number of nitrogens with one attached hydrogen (secondary N) is 2. The highest BCUT2D eigenvalue weighted by atomic mass is 19.1. The smallest absolute Gasteiger partial charge is 0.313 e. The van der Waals surface area contributed by atoms with Gasteiger partial charge in [0.15, 0.2) is 23.1 Å². The van der Waals surface area contributed by atoms with E-state index in [1.165, 1.54) is 32.2 Å². The summed E-state index contributed by atoms with van der Waals surface area (Å²) in [6.45, 7) is 7.56. The van der Waals surface area contributed by atoms with E-state index in [0.717, 1.165) is 17.3 Å². The van der Waals surface area contributed by atoms with Gasteiger partial charge in [0.25, 0.3) is 5.56 Å². The standard InChI is InChI=1S/C13H15FN2O2.C9H9FO2.C5H8O3/c1-3-18-12-5-4-9(7-11(12)14)6-10-8(2)15-16-13(10)17;1-2-12-9-4-3-7(6-11)5-8(9)10;1-4(6)3-5(7)8-2/h4-5,7H,3,6H2,1-2H3,(H2,15,16,17);3-6H,2H2,1H3;3H2,1-2H3. The summed E-state index contributed by atoms with van der Waals surface area (Å²) < 4.78 is 40.9. The summed E-state index contributed by atoms with van der Waals surface area (Å²) in [4.78, 5) is 42.0. The summed E-state index contributed by atoms with van der Waals surface area (Å²) in [6.07, 6.45) is 0.878. The first-order chi connectivity index (χ1) is 18.1. The van der Waals surface area contributed by atoms with Crippen molar-refractivity contribution in [1.82, 2.24) is 10.2 Å². The number of aromatic amines is 2. The average molecular weight is 535 g/mol. The van der Waals surface area contributed by atoms with E-state index in [0.29, 0.717) is 37.0 Å². The van der Waals surface area contributed by atoms with Gasteiger partial charge in [0.1, 0.15) is 18.5 Å². The maximum Gasteiger partial charge on any atom is 0.313 e. The highest BCUT2D eigenvalue weighted by molar-refractivity contribution is 5.93. The van der Waals surface area contributed by atoms with Crippen LogP contribution in [0.3, 0.4) is 0 Å². The number of carbonyl (C=O) groups is 3. The number of hydrogen-bond acceptors (Lipinski definition) is 7. The second-order valence-electron chi connectivity index (χ2n) is 7.75. The van der Waals surface area contributed by atoms with Crippen LogP contribution in [0.25, 0.3) is 0 Å². The molecule has 0 atom stereocenters. The predicted molar refractivity (Wildman–Crippen MR) is 137 cm³/mol. The Hall–Kier alpha value is -4.28. The van der Waals surface area contributed by atoms with Gasteiger partial charge in [-0.2, -0.15) is 0 Å². The van der Waals surface area contributed by atoms with E-state index in [2.05, 4.69) is 14.9 Å². The fraction of sp³-hybridized carbons (Fsp3) is 0.333. The Bertz CT molecular complexity index is 1270. The molecule has 0 fully saturated rings. The molecule has 0 aliphatic rings. The molecule has 0 amide bonds. The van der Waals surface area contributed by atoms with E-state index in [9.17, 15) is 28.0 Å². The van der Waals surface area contributed by atoms with Crippen molar-refractivity contribution in [1.29, 1.82) is 0 Å². The first-order valence-corrected chi connectivity index (χ1v) is 11.7. The summed E-state index contributed by atoms with van der Waals surface area (Å²) in [7, 11) is 1.26. The zero-order valence-electron chi connectivity index (χ0n) is 22.0. The zero-order chi connectivity index (χ0) is 28.7. The number of benzene rings is 2. The molecule has 0 aliphatic carbocycles. The third kappa shape index (κ3) is 10.8. The molecule has 9 nitrogen and oxygen atoms in total. The zero-order valence-corrected chi connectivity index (χ0v) is 22.0. The van der Waals surface area contributed by atoms with Gasteiger partial charge in [0.05, 0.1) is 20.3 Å². The van der Waals surface area contributed by atoms with Gasteiger partial charge in [-0.05, 0) is 63.6 Å². The van der Waals surface area contributed by atoms with Crippen LogP contribution in [0.4, 0.5) is 8.78 Å². The predicted octanol–water partition coefficient (Wildman–Crippen LogP) is 4.32. The van der Waals surface area contributed by atoms with Crippen molar-refractivity contribution in [2.24, 2.45) is 0 Å². The number of ketones is 1. The molecule has 1 aromatic heterocycles. The monoisotopic (exact) mass is 534 g/mol. The van der Waals surface area contributed by atoms with Crippen molar-refractivity contribution in [3.8, 4) is 11.5 Å². The quantitative estimate of drug-likeness (QED) is 0.238. The number of ether oxygens (including phenoxy) is 3. The number of rotatable bonds is 9. The van der Waals surface area contributed by atoms with Crippen LogP contribution >= 0.6 is 0 Å². The molecule has 3 aromatic rings. The summed E-state index contributed by atoms with van der Waals surface area (Å²) in [6, 6.07) is 8.86. The van der Waals surface area contributed by atoms with Crippen molar-refractivity contribution in [2.75, 3.05) is 20.3 Å². The van der Waals surface area contributed by atoms with Crippen LogP contribution < -0.4 is 15.0 Å². The number of aromatic nitrogens is 2. The molecule has 38 heavy (non-hydrogen) atoms. The lowest BCUT2D eigenvalue weighted by Crippen LogP contribution is -2.07. The number of esters is 1. The summed E-state index contributed by atoms with van der Waals surface area (Å²) in [5.41, 5.74) is 2.29. The van der Waals surface area contributed by atoms with Gasteiger partial charge in [0.2, 0.25) is 0 Å². The largest absolute Gasteiger partial charge is 0.491 e. The Morgan fingerprint density at radius 3 is 1.92 bits per heavy atom. The lowest BCUT2D eigenvalue weighted by Gasteiger charge is -2.06. The minimum atomic E-state index is -0.499. The Morgan fingerprint density at radius 1 is 0.947 bits per heavy atom. The number of carbonyl (C=O) groups excluding carboxylic acids is 3. The first-order valence-electron chi connectivity index (χ1n) is 11.7. The summed E-state index contributed by atoms with van der Waals surface area (Å²) in [5, 5.41) is 5.25. The van der Waals surface area contributed by atoms with Crippen molar-refractivity contribution in [2.45, 2.75) is 40.5 Å². The Kier molecular flexibility index (Phi) is 13.8. The van der Waals surface area contributed by atoms with Crippen molar-refractivity contribution in [3.63, 3.8) is 0 Å². The highest BCUT2D eigenvalue weighted by Crippen LogP contribution is 2.20. The van der Waals surface area contributed by atoms with Gasteiger partial charge in [-0.15, -0.1) is 0 Å². The van der Waals surface area contributed by atoms with Crippen LogP contribution in [0.5, 0.6) is 11.5 Å². The number of halogens is 2. The first kappa shape index (κ1) is 31.7. The highest BCUT2D eigenvalue weighted by Gasteiger charge is 2.10. The average Bonchev–Trinajstić information content (AvgIpc) is 3.19. The third-order valence-corrected chi connectivity index (χ3v) is 4.78. The van der Waals surface area contributed by atoms with Gasteiger partial charge in [-0.1, -0.05) is 6.07 Å². The van der Waals surface area contributed by atoms with Gasteiger partial charge in [-0.3, -0.25) is 24.3 Å². The van der Waals surface area contributed by atoms with E-state index < -0.39 is 17.6 Å². The second kappa shape index (κ2) is 16.5. The van der Waals surface area contributed by atoms with E-state index in [4.69, 9.17) is 9.47 Å². The molecular weight excluding hydrogens is 502 g/mol. The van der Waals surface area contributed by atoms with Gasteiger partial charge in [-0.25, -0.2) is 8.78 Å². The topological polar surface area (TPSA) is 128 Å². The van der Waals surface area contributed by atoms with Crippen molar-refractivity contribution in [3.05, 3.63) is 80.8 Å². The minimum Gasteiger partial charge on any atom is -0.491 e. The normalized spacial score (nSPS) is 9.76. The molecule has 1 heterocycles. The molecular formula is C27H32F2N2O7. The van der Waals surface area contributed by atoms with E-state index >= 15 is 0 Å². The molecule has 0 unspecified atom stereocenters. The molecule has 0 radical (unpaired) electrons. The van der Waals surface area contributed by atoms with E-state index in [-0.39, 0.29) is 29.3 Å². The maximum absolute atomic E-state index is 13.6. The van der Waals surface area contributed by atoms with Crippen molar-refractivity contribution < 1.29 is 37.4 Å². The Labute approximate surface area is 219 Å². The van der Waals surface area contributed by atoms with Crippen LogP contribution in [-0.2, 0) is 20.7 Å². The van der Waals surface area contributed by atoms with Crippen LogP contribution in [-0.4, -0.2) is 48.6 Å². The molecule has 3 rings (SSSR count). The SMILES string of the molecule is CCOc1ccc(C=O)cc1F.CCOc1ccc(Cc2c(C)[nH][nH]c2=O)cc1F.COC(=O)CC(C)=O. The lowest BCUT2D eigenvalue weighted by molar-refractivity contribution is -0.142. The molecule has 0 spiro atoms.